The minimum atomic E-state index is 0.434. The summed E-state index contributed by atoms with van der Waals surface area (Å²) in [5.41, 5.74) is 4.24. The third-order valence-electron chi connectivity index (χ3n) is 6.35. The normalized spacial score (nSPS) is 20.4. The van der Waals surface area contributed by atoms with E-state index in [4.69, 9.17) is 0 Å². The van der Waals surface area contributed by atoms with E-state index in [0.717, 1.165) is 6.42 Å². The number of aryl methyl sites for hydroxylation is 2. The van der Waals surface area contributed by atoms with Crippen LogP contribution in [-0.2, 0) is 12.8 Å². The zero-order valence-corrected chi connectivity index (χ0v) is 15.2. The van der Waals surface area contributed by atoms with Gasteiger partial charge in [0.1, 0.15) is 5.75 Å². The summed E-state index contributed by atoms with van der Waals surface area (Å²) in [5, 5.41) is 9.82. The molecule has 2 saturated carbocycles. The molecule has 0 unspecified atom stereocenters. The van der Waals surface area contributed by atoms with Gasteiger partial charge in [-0.25, -0.2) is 0 Å². The summed E-state index contributed by atoms with van der Waals surface area (Å²) in [6, 6.07) is 6.04. The van der Waals surface area contributed by atoms with Crippen LogP contribution in [0.2, 0.25) is 0 Å². The largest absolute Gasteiger partial charge is 0.508 e. The van der Waals surface area contributed by atoms with Gasteiger partial charge in [0.15, 0.2) is 0 Å². The molecule has 0 radical (unpaired) electrons. The van der Waals surface area contributed by atoms with Crippen molar-refractivity contribution in [3.8, 4) is 5.75 Å². The fourth-order valence-corrected chi connectivity index (χ4v) is 3.75. The molecule has 1 N–H and O–H groups in total. The molecule has 1 aromatic carbocycles. The van der Waals surface area contributed by atoms with E-state index in [1.54, 1.807) is 0 Å². The fraction of sp³-hybridized carbons (Fsp3) is 0.727. The van der Waals surface area contributed by atoms with Gasteiger partial charge in [0.2, 0.25) is 0 Å². The summed E-state index contributed by atoms with van der Waals surface area (Å²) in [7, 11) is 0. The number of aromatic hydroxyl groups is 1. The van der Waals surface area contributed by atoms with Crippen molar-refractivity contribution in [3.05, 3.63) is 29.3 Å². The SMILES string of the molecule is CC1(CCCCc2ccc(O)cc2CCCCC2(C)CC2)CC1. The predicted molar refractivity (Wildman–Crippen MR) is 97.9 cm³/mol. The van der Waals surface area contributed by atoms with E-state index < -0.39 is 0 Å². The second kappa shape index (κ2) is 6.87. The first kappa shape index (κ1) is 16.9. The highest BCUT2D eigenvalue weighted by Crippen LogP contribution is 2.49. The monoisotopic (exact) mass is 314 g/mol. The lowest BCUT2D eigenvalue weighted by molar-refractivity contribution is 0.470. The molecular weight excluding hydrogens is 280 g/mol. The van der Waals surface area contributed by atoms with Crippen molar-refractivity contribution in [1.29, 1.82) is 0 Å². The van der Waals surface area contributed by atoms with Crippen molar-refractivity contribution in [2.24, 2.45) is 10.8 Å². The predicted octanol–water partition coefficient (Wildman–Crippen LogP) is 6.42. The lowest BCUT2D eigenvalue weighted by Crippen LogP contribution is -1.98. The molecule has 1 heteroatoms. The molecule has 23 heavy (non-hydrogen) atoms. The molecule has 128 valence electrons. The third kappa shape index (κ3) is 5.26. The van der Waals surface area contributed by atoms with E-state index in [2.05, 4.69) is 19.9 Å². The maximum absolute atomic E-state index is 9.82. The number of phenolic OH excluding ortho intramolecular Hbond substituents is 1. The lowest BCUT2D eigenvalue weighted by Gasteiger charge is -2.12. The van der Waals surface area contributed by atoms with Gasteiger partial charge in [-0.1, -0.05) is 32.8 Å². The van der Waals surface area contributed by atoms with Crippen LogP contribution in [0.3, 0.4) is 0 Å². The molecule has 3 rings (SSSR count). The Bertz CT molecular complexity index is 523. The van der Waals surface area contributed by atoms with E-state index in [0.29, 0.717) is 16.6 Å². The van der Waals surface area contributed by atoms with Crippen LogP contribution in [0.25, 0.3) is 0 Å². The Kier molecular flexibility index (Phi) is 5.04. The van der Waals surface area contributed by atoms with Gasteiger partial charge < -0.3 is 5.11 Å². The summed E-state index contributed by atoms with van der Waals surface area (Å²) >= 11 is 0. The Morgan fingerprint density at radius 1 is 0.783 bits per heavy atom. The molecule has 0 amide bonds. The molecule has 0 aromatic heterocycles. The molecule has 2 aliphatic rings. The third-order valence-corrected chi connectivity index (χ3v) is 6.35. The van der Waals surface area contributed by atoms with Gasteiger partial charge in [-0.15, -0.1) is 0 Å². The van der Waals surface area contributed by atoms with Crippen molar-refractivity contribution < 1.29 is 5.11 Å². The van der Waals surface area contributed by atoms with Crippen LogP contribution in [-0.4, -0.2) is 5.11 Å². The molecule has 0 saturated heterocycles. The first-order valence-corrected chi connectivity index (χ1v) is 9.79. The summed E-state index contributed by atoms with van der Waals surface area (Å²) in [5.74, 6) is 0.434. The van der Waals surface area contributed by atoms with E-state index in [1.165, 1.54) is 81.8 Å². The van der Waals surface area contributed by atoms with Gasteiger partial charge in [0.25, 0.3) is 0 Å². The number of hydrogen-bond acceptors (Lipinski definition) is 1. The molecule has 0 aliphatic heterocycles. The molecule has 2 aliphatic carbocycles. The highest BCUT2D eigenvalue weighted by atomic mass is 16.3. The van der Waals surface area contributed by atoms with Gasteiger partial charge in [-0.05, 0) is 98.3 Å². The van der Waals surface area contributed by atoms with E-state index in [9.17, 15) is 5.11 Å². The van der Waals surface area contributed by atoms with Crippen molar-refractivity contribution >= 4 is 0 Å². The van der Waals surface area contributed by atoms with Crippen LogP contribution in [0.1, 0.15) is 89.2 Å². The van der Waals surface area contributed by atoms with Crippen LogP contribution in [0.4, 0.5) is 0 Å². The molecule has 1 aromatic rings. The number of phenols is 1. The average Bonchev–Trinajstić information content (AvgIpc) is 3.43. The second-order valence-electron chi connectivity index (χ2n) is 8.99. The van der Waals surface area contributed by atoms with E-state index >= 15 is 0 Å². The Morgan fingerprint density at radius 2 is 1.30 bits per heavy atom. The first-order chi connectivity index (χ1) is 11.0. The maximum Gasteiger partial charge on any atom is 0.115 e. The van der Waals surface area contributed by atoms with Crippen molar-refractivity contribution in [3.63, 3.8) is 0 Å². The molecular formula is C22H34O. The molecule has 0 atom stereocenters. The van der Waals surface area contributed by atoms with Crippen LogP contribution >= 0.6 is 0 Å². The number of benzene rings is 1. The average molecular weight is 315 g/mol. The molecule has 0 heterocycles. The van der Waals surface area contributed by atoms with Crippen LogP contribution < -0.4 is 0 Å². The van der Waals surface area contributed by atoms with Crippen molar-refractivity contribution in [2.45, 2.75) is 90.9 Å². The zero-order valence-electron chi connectivity index (χ0n) is 15.2. The van der Waals surface area contributed by atoms with Gasteiger partial charge in [-0.2, -0.15) is 0 Å². The minimum absolute atomic E-state index is 0.434. The Morgan fingerprint density at radius 3 is 1.83 bits per heavy atom. The van der Waals surface area contributed by atoms with Crippen molar-refractivity contribution in [1.82, 2.24) is 0 Å². The topological polar surface area (TPSA) is 20.2 Å². The van der Waals surface area contributed by atoms with Crippen LogP contribution in [0.5, 0.6) is 5.75 Å². The number of rotatable bonds is 10. The maximum atomic E-state index is 9.82. The summed E-state index contributed by atoms with van der Waals surface area (Å²) in [6.45, 7) is 4.85. The zero-order chi connectivity index (χ0) is 16.3. The summed E-state index contributed by atoms with van der Waals surface area (Å²) in [4.78, 5) is 0. The highest BCUT2D eigenvalue weighted by Gasteiger charge is 2.36. The van der Waals surface area contributed by atoms with E-state index in [-0.39, 0.29) is 0 Å². The van der Waals surface area contributed by atoms with Crippen molar-refractivity contribution in [2.75, 3.05) is 0 Å². The fourth-order valence-electron chi connectivity index (χ4n) is 3.75. The second-order valence-corrected chi connectivity index (χ2v) is 8.99. The van der Waals surface area contributed by atoms with Gasteiger partial charge in [0, 0.05) is 0 Å². The lowest BCUT2D eigenvalue weighted by atomic mass is 9.93. The van der Waals surface area contributed by atoms with Gasteiger partial charge in [-0.3, -0.25) is 0 Å². The molecule has 1 nitrogen and oxygen atoms in total. The van der Waals surface area contributed by atoms with Gasteiger partial charge in [0.05, 0.1) is 0 Å². The first-order valence-electron chi connectivity index (χ1n) is 9.79. The molecule has 2 fully saturated rings. The summed E-state index contributed by atoms with van der Waals surface area (Å²) in [6.07, 6.45) is 16.1. The summed E-state index contributed by atoms with van der Waals surface area (Å²) < 4.78 is 0. The Balaban J connectivity index is 1.43. The molecule has 0 bridgehead atoms. The highest BCUT2D eigenvalue weighted by molar-refractivity contribution is 5.35. The van der Waals surface area contributed by atoms with Crippen LogP contribution in [0, 0.1) is 10.8 Å². The Labute approximate surface area is 142 Å². The quantitative estimate of drug-likeness (QED) is 0.494. The number of hydrogen-bond donors (Lipinski definition) is 1. The minimum Gasteiger partial charge on any atom is -0.508 e. The standard InChI is InChI=1S/C22H34O/c1-21(13-14-21)11-5-3-7-18-9-10-20(23)17-19(18)8-4-6-12-22(2)15-16-22/h9-10,17,23H,3-8,11-16H2,1-2H3. The Hall–Kier alpha value is -0.980. The number of unbranched alkanes of at least 4 members (excludes halogenated alkanes) is 2. The van der Waals surface area contributed by atoms with E-state index in [1.807, 2.05) is 12.1 Å². The van der Waals surface area contributed by atoms with Gasteiger partial charge >= 0.3 is 0 Å². The smallest absolute Gasteiger partial charge is 0.115 e. The van der Waals surface area contributed by atoms with Crippen LogP contribution in [0.15, 0.2) is 18.2 Å². The molecule has 0 spiro atoms.